The molecule has 5 atom stereocenters. The van der Waals surface area contributed by atoms with Gasteiger partial charge in [-0.15, -0.1) is 0 Å². The zero-order valence-corrected chi connectivity index (χ0v) is 15.6. The van der Waals surface area contributed by atoms with Gasteiger partial charge in [-0.1, -0.05) is 45.3 Å². The molecule has 0 aromatic rings. The lowest BCUT2D eigenvalue weighted by atomic mass is 9.83. The van der Waals surface area contributed by atoms with Gasteiger partial charge in [0.2, 0.25) is 0 Å². The Bertz CT molecular complexity index is 380. The number of ether oxygens (including phenoxy) is 1. The first-order valence-electron chi connectivity index (χ1n) is 9.59. The van der Waals surface area contributed by atoms with E-state index in [1.165, 1.54) is 20.0 Å². The van der Waals surface area contributed by atoms with Crippen molar-refractivity contribution in [3.05, 3.63) is 12.2 Å². The summed E-state index contributed by atoms with van der Waals surface area (Å²) in [6.45, 7) is 4.22. The third kappa shape index (κ3) is 7.80. The quantitative estimate of drug-likeness (QED) is 0.322. The summed E-state index contributed by atoms with van der Waals surface area (Å²) in [6.07, 6.45) is 11.7. The fourth-order valence-electron chi connectivity index (χ4n) is 3.60. The van der Waals surface area contributed by atoms with Crippen molar-refractivity contribution >= 4 is 5.97 Å². The monoisotopic (exact) mass is 340 g/mol. The van der Waals surface area contributed by atoms with E-state index in [-0.39, 0.29) is 23.9 Å². The number of aliphatic hydroxyl groups excluding tert-OH is 2. The number of allylic oxidation sites excluding steroid dienone is 1. The van der Waals surface area contributed by atoms with Gasteiger partial charge in [-0.05, 0) is 49.9 Å². The van der Waals surface area contributed by atoms with Gasteiger partial charge in [0, 0.05) is 6.42 Å². The summed E-state index contributed by atoms with van der Waals surface area (Å²) in [5, 5.41) is 20.3. The lowest BCUT2D eigenvalue weighted by molar-refractivity contribution is -0.141. The minimum Gasteiger partial charge on any atom is -0.469 e. The number of hydrogen-bond donors (Lipinski definition) is 2. The van der Waals surface area contributed by atoms with E-state index in [0.717, 1.165) is 38.5 Å². The predicted octanol–water partition coefficient (Wildman–Crippen LogP) is 3.85. The van der Waals surface area contributed by atoms with E-state index in [1.807, 2.05) is 6.08 Å². The highest BCUT2D eigenvalue weighted by molar-refractivity contribution is 5.69. The number of carbonyl (C=O) groups is 1. The molecule has 2 unspecified atom stereocenters. The van der Waals surface area contributed by atoms with Gasteiger partial charge in [0.25, 0.3) is 0 Å². The molecule has 0 aromatic heterocycles. The second-order valence-electron chi connectivity index (χ2n) is 7.39. The number of methoxy groups -OCH3 is 1. The Kier molecular flexibility index (Phi) is 10.3. The molecule has 0 radical (unpaired) electrons. The van der Waals surface area contributed by atoms with Crippen LogP contribution < -0.4 is 0 Å². The molecule has 0 aromatic carbocycles. The molecule has 0 saturated carbocycles. The molecule has 1 rings (SSSR count). The van der Waals surface area contributed by atoms with Crippen molar-refractivity contribution in [2.75, 3.05) is 7.11 Å². The smallest absolute Gasteiger partial charge is 0.305 e. The molecule has 0 spiro atoms. The summed E-state index contributed by atoms with van der Waals surface area (Å²) in [7, 11) is 1.42. The minimum atomic E-state index is -0.391. The molecule has 0 aliphatic heterocycles. The van der Waals surface area contributed by atoms with Crippen LogP contribution in [0.15, 0.2) is 12.2 Å². The standard InChI is InChI=1S/C20H36O4/c1-4-5-6-7-17(21)11-9-16-10-13-19(22)18(16)12-8-15(2)14-20(23)24-3/h10,13,15-19,21-22H,4-9,11-12,14H2,1-3H3/t15?,16-,17?,18-,19-/m0/s1. The van der Waals surface area contributed by atoms with Crippen molar-refractivity contribution < 1.29 is 19.7 Å². The molecule has 140 valence electrons. The summed E-state index contributed by atoms with van der Waals surface area (Å²) in [6, 6.07) is 0. The zero-order valence-electron chi connectivity index (χ0n) is 15.6. The largest absolute Gasteiger partial charge is 0.469 e. The maximum absolute atomic E-state index is 11.3. The van der Waals surface area contributed by atoms with Gasteiger partial charge in [-0.25, -0.2) is 0 Å². The van der Waals surface area contributed by atoms with Crippen LogP contribution in [0.25, 0.3) is 0 Å². The van der Waals surface area contributed by atoms with Gasteiger partial charge in [0.05, 0.1) is 19.3 Å². The zero-order chi connectivity index (χ0) is 17.9. The maximum atomic E-state index is 11.3. The normalized spacial score (nSPS) is 25.6. The number of hydrogen-bond acceptors (Lipinski definition) is 4. The van der Waals surface area contributed by atoms with Crippen LogP contribution in [-0.4, -0.2) is 35.5 Å². The van der Waals surface area contributed by atoms with Crippen molar-refractivity contribution in [2.24, 2.45) is 17.8 Å². The fourth-order valence-corrected chi connectivity index (χ4v) is 3.60. The molecule has 2 N–H and O–H groups in total. The van der Waals surface area contributed by atoms with Crippen molar-refractivity contribution in [3.8, 4) is 0 Å². The van der Waals surface area contributed by atoms with Gasteiger partial charge in [0.1, 0.15) is 0 Å². The van der Waals surface area contributed by atoms with Crippen LogP contribution in [0.4, 0.5) is 0 Å². The number of carbonyl (C=O) groups excluding carboxylic acids is 1. The first-order chi connectivity index (χ1) is 11.5. The van der Waals surface area contributed by atoms with Gasteiger partial charge in [-0.2, -0.15) is 0 Å². The topological polar surface area (TPSA) is 66.8 Å². The van der Waals surface area contributed by atoms with E-state index in [9.17, 15) is 15.0 Å². The van der Waals surface area contributed by atoms with E-state index in [2.05, 4.69) is 19.9 Å². The van der Waals surface area contributed by atoms with E-state index >= 15 is 0 Å². The molecular weight excluding hydrogens is 304 g/mol. The molecule has 0 heterocycles. The molecule has 1 aliphatic rings. The highest BCUT2D eigenvalue weighted by Gasteiger charge is 2.30. The summed E-state index contributed by atoms with van der Waals surface area (Å²) < 4.78 is 4.71. The van der Waals surface area contributed by atoms with Gasteiger partial charge >= 0.3 is 5.97 Å². The third-order valence-electron chi connectivity index (χ3n) is 5.25. The highest BCUT2D eigenvalue weighted by atomic mass is 16.5. The van der Waals surface area contributed by atoms with Crippen LogP contribution in [0.3, 0.4) is 0 Å². The molecular formula is C20H36O4. The summed E-state index contributed by atoms with van der Waals surface area (Å²) in [5.41, 5.74) is 0. The third-order valence-corrected chi connectivity index (χ3v) is 5.25. The fraction of sp³-hybridized carbons (Fsp3) is 0.850. The van der Waals surface area contributed by atoms with E-state index in [4.69, 9.17) is 4.74 Å². The van der Waals surface area contributed by atoms with Crippen molar-refractivity contribution in [1.82, 2.24) is 0 Å². The Morgan fingerprint density at radius 2 is 1.92 bits per heavy atom. The Morgan fingerprint density at radius 3 is 2.58 bits per heavy atom. The highest BCUT2D eigenvalue weighted by Crippen LogP contribution is 2.34. The van der Waals surface area contributed by atoms with Crippen molar-refractivity contribution in [1.29, 1.82) is 0 Å². The van der Waals surface area contributed by atoms with Crippen molar-refractivity contribution in [2.45, 2.75) is 83.8 Å². The van der Waals surface area contributed by atoms with Crippen LogP contribution in [0.1, 0.15) is 71.6 Å². The van der Waals surface area contributed by atoms with E-state index in [0.29, 0.717) is 12.3 Å². The SMILES string of the molecule is CCCCCC(O)CC[C@H]1C=C[C@H](O)[C@H]1CCC(C)CC(=O)OC. The second kappa shape index (κ2) is 11.6. The Hall–Kier alpha value is -0.870. The van der Waals surface area contributed by atoms with E-state index in [1.54, 1.807) is 0 Å². The van der Waals surface area contributed by atoms with Gasteiger partial charge in [-0.3, -0.25) is 4.79 Å². The van der Waals surface area contributed by atoms with Crippen LogP contribution >= 0.6 is 0 Å². The number of esters is 1. The summed E-state index contributed by atoms with van der Waals surface area (Å²) >= 11 is 0. The Labute approximate surface area is 147 Å². The molecule has 0 fully saturated rings. The van der Waals surface area contributed by atoms with Crippen LogP contribution in [0.2, 0.25) is 0 Å². The van der Waals surface area contributed by atoms with Crippen molar-refractivity contribution in [3.63, 3.8) is 0 Å². The molecule has 24 heavy (non-hydrogen) atoms. The lowest BCUT2D eigenvalue weighted by Crippen LogP contribution is -2.22. The van der Waals surface area contributed by atoms with E-state index < -0.39 is 6.10 Å². The molecule has 0 bridgehead atoms. The molecule has 0 amide bonds. The first-order valence-corrected chi connectivity index (χ1v) is 9.59. The molecule has 0 saturated heterocycles. The Morgan fingerprint density at radius 1 is 1.17 bits per heavy atom. The number of unbranched alkanes of at least 4 members (excludes halogenated alkanes) is 2. The Balaban J connectivity index is 2.33. The number of aliphatic hydroxyl groups is 2. The number of rotatable bonds is 12. The summed E-state index contributed by atoms with van der Waals surface area (Å²) in [4.78, 5) is 11.3. The molecule has 1 aliphatic carbocycles. The lowest BCUT2D eigenvalue weighted by Gasteiger charge is -2.24. The average molecular weight is 341 g/mol. The predicted molar refractivity (Wildman–Crippen MR) is 96.5 cm³/mol. The molecule has 4 heteroatoms. The minimum absolute atomic E-state index is 0.167. The molecule has 4 nitrogen and oxygen atoms in total. The summed E-state index contributed by atoms with van der Waals surface area (Å²) in [5.74, 6) is 0.656. The van der Waals surface area contributed by atoms with Gasteiger partial charge < -0.3 is 14.9 Å². The van der Waals surface area contributed by atoms with Gasteiger partial charge in [0.15, 0.2) is 0 Å². The van der Waals surface area contributed by atoms with Crippen LogP contribution in [0.5, 0.6) is 0 Å². The van der Waals surface area contributed by atoms with Crippen LogP contribution in [-0.2, 0) is 9.53 Å². The maximum Gasteiger partial charge on any atom is 0.305 e. The second-order valence-corrected chi connectivity index (χ2v) is 7.39. The average Bonchev–Trinajstić information content (AvgIpc) is 2.91. The first kappa shape index (κ1) is 21.2. The van der Waals surface area contributed by atoms with Crippen LogP contribution in [0, 0.1) is 17.8 Å².